The van der Waals surface area contributed by atoms with E-state index in [-0.39, 0.29) is 5.82 Å². The van der Waals surface area contributed by atoms with Crippen molar-refractivity contribution in [3.8, 4) is 11.8 Å². The SMILES string of the molecule is N#Cc1ccc(-n2c(CCCl)nc3ccc(F)cc32)cc1. The van der Waals surface area contributed by atoms with Gasteiger partial charge in [0, 0.05) is 24.1 Å². The summed E-state index contributed by atoms with van der Waals surface area (Å²) < 4.78 is 15.4. The normalized spacial score (nSPS) is 10.7. The Labute approximate surface area is 126 Å². The van der Waals surface area contributed by atoms with Crippen molar-refractivity contribution in [1.29, 1.82) is 5.26 Å². The molecule has 0 saturated heterocycles. The fourth-order valence-electron chi connectivity index (χ4n) is 2.32. The fourth-order valence-corrected chi connectivity index (χ4v) is 2.49. The minimum atomic E-state index is -0.310. The number of imidazole rings is 1. The maximum atomic E-state index is 13.5. The van der Waals surface area contributed by atoms with E-state index < -0.39 is 0 Å². The predicted octanol–water partition coefficient (Wildman–Crippen LogP) is 3.82. The Bertz CT molecular complexity index is 831. The number of aromatic nitrogens is 2. The third-order valence-corrected chi connectivity index (χ3v) is 3.45. The zero-order valence-electron chi connectivity index (χ0n) is 11.1. The van der Waals surface area contributed by atoms with Crippen molar-refractivity contribution in [3.63, 3.8) is 0 Å². The highest BCUT2D eigenvalue weighted by Gasteiger charge is 2.12. The molecule has 0 unspecified atom stereocenters. The summed E-state index contributed by atoms with van der Waals surface area (Å²) in [5.41, 5.74) is 2.83. The van der Waals surface area contributed by atoms with Crippen molar-refractivity contribution in [3.05, 3.63) is 59.7 Å². The largest absolute Gasteiger partial charge is 0.296 e. The van der Waals surface area contributed by atoms with Gasteiger partial charge in [-0.25, -0.2) is 9.37 Å². The van der Waals surface area contributed by atoms with Crippen molar-refractivity contribution in [2.45, 2.75) is 6.42 Å². The topological polar surface area (TPSA) is 41.6 Å². The second-order valence-corrected chi connectivity index (χ2v) is 4.97. The van der Waals surface area contributed by atoms with Crippen molar-refractivity contribution in [2.75, 3.05) is 5.88 Å². The van der Waals surface area contributed by atoms with Crippen LogP contribution in [0.3, 0.4) is 0 Å². The summed E-state index contributed by atoms with van der Waals surface area (Å²) in [5.74, 6) is 0.896. The van der Waals surface area contributed by atoms with Crippen LogP contribution < -0.4 is 0 Å². The van der Waals surface area contributed by atoms with E-state index in [1.807, 2.05) is 16.7 Å². The van der Waals surface area contributed by atoms with Crippen molar-refractivity contribution >= 4 is 22.6 Å². The number of alkyl halides is 1. The molecule has 104 valence electrons. The molecule has 0 aliphatic heterocycles. The monoisotopic (exact) mass is 299 g/mol. The third-order valence-electron chi connectivity index (χ3n) is 3.26. The molecular formula is C16H11ClFN3. The molecule has 5 heteroatoms. The van der Waals surface area contributed by atoms with Crippen LogP contribution in [0.5, 0.6) is 0 Å². The zero-order chi connectivity index (χ0) is 14.8. The Kier molecular flexibility index (Phi) is 3.59. The molecule has 3 aromatic rings. The van der Waals surface area contributed by atoms with Gasteiger partial charge in [0.15, 0.2) is 0 Å². The molecule has 0 spiro atoms. The number of halogens is 2. The van der Waals surface area contributed by atoms with Gasteiger partial charge in [-0.3, -0.25) is 4.57 Å². The number of hydrogen-bond acceptors (Lipinski definition) is 2. The molecule has 3 nitrogen and oxygen atoms in total. The van der Waals surface area contributed by atoms with Crippen molar-refractivity contribution in [2.24, 2.45) is 0 Å². The van der Waals surface area contributed by atoms with Crippen LogP contribution in [0.2, 0.25) is 0 Å². The minimum absolute atomic E-state index is 0.310. The summed E-state index contributed by atoms with van der Waals surface area (Å²) in [7, 11) is 0. The Morgan fingerprint density at radius 3 is 2.62 bits per heavy atom. The summed E-state index contributed by atoms with van der Waals surface area (Å²) in [5, 5.41) is 8.87. The molecule has 0 aliphatic carbocycles. The second kappa shape index (κ2) is 5.55. The molecule has 0 aliphatic rings. The van der Waals surface area contributed by atoms with Gasteiger partial charge in [-0.15, -0.1) is 11.6 Å². The first-order valence-electron chi connectivity index (χ1n) is 6.46. The molecule has 3 rings (SSSR count). The summed E-state index contributed by atoms with van der Waals surface area (Å²) in [6.07, 6.45) is 0.581. The fraction of sp³-hybridized carbons (Fsp3) is 0.125. The molecule has 0 amide bonds. The lowest BCUT2D eigenvalue weighted by atomic mass is 10.2. The summed E-state index contributed by atoms with van der Waals surface area (Å²) in [6, 6.07) is 13.7. The Morgan fingerprint density at radius 2 is 1.95 bits per heavy atom. The van der Waals surface area contributed by atoms with Crippen LogP contribution in [-0.4, -0.2) is 15.4 Å². The van der Waals surface area contributed by atoms with Gasteiger partial charge in [0.1, 0.15) is 11.6 Å². The molecule has 0 bridgehead atoms. The lowest BCUT2D eigenvalue weighted by molar-refractivity contribution is 0.629. The van der Waals surface area contributed by atoms with E-state index >= 15 is 0 Å². The predicted molar refractivity (Wildman–Crippen MR) is 80.2 cm³/mol. The number of hydrogen-bond donors (Lipinski definition) is 0. The zero-order valence-corrected chi connectivity index (χ0v) is 11.8. The molecule has 1 heterocycles. The average Bonchev–Trinajstić information content (AvgIpc) is 2.85. The molecule has 2 aromatic carbocycles. The summed E-state index contributed by atoms with van der Waals surface area (Å²) in [4.78, 5) is 4.51. The van der Waals surface area contributed by atoms with Gasteiger partial charge in [-0.1, -0.05) is 0 Å². The summed E-state index contributed by atoms with van der Waals surface area (Å²) in [6.45, 7) is 0. The average molecular weight is 300 g/mol. The third kappa shape index (κ3) is 2.48. The number of aryl methyl sites for hydroxylation is 1. The van der Waals surface area contributed by atoms with Crippen LogP contribution in [0.25, 0.3) is 16.7 Å². The smallest absolute Gasteiger partial charge is 0.125 e. The number of benzene rings is 2. The van der Waals surface area contributed by atoms with Crippen LogP contribution in [0.15, 0.2) is 42.5 Å². The van der Waals surface area contributed by atoms with Gasteiger partial charge in [0.05, 0.1) is 22.7 Å². The first-order chi connectivity index (χ1) is 10.2. The number of nitrogens with zero attached hydrogens (tertiary/aromatic N) is 3. The number of fused-ring (bicyclic) bond motifs is 1. The minimum Gasteiger partial charge on any atom is -0.296 e. The van der Waals surface area contributed by atoms with Crippen molar-refractivity contribution < 1.29 is 4.39 Å². The Morgan fingerprint density at radius 1 is 1.19 bits per heavy atom. The molecule has 21 heavy (non-hydrogen) atoms. The maximum absolute atomic E-state index is 13.5. The Balaban J connectivity index is 2.24. The van der Waals surface area contributed by atoms with E-state index in [2.05, 4.69) is 11.1 Å². The van der Waals surface area contributed by atoms with Gasteiger partial charge in [0.25, 0.3) is 0 Å². The standard InChI is InChI=1S/C16H11ClFN3/c17-8-7-16-20-14-6-3-12(18)9-15(14)21(16)13-4-1-11(10-19)2-5-13/h1-6,9H,7-8H2. The van der Waals surface area contributed by atoms with Gasteiger partial charge in [-0.05, 0) is 36.4 Å². The number of nitriles is 1. The highest BCUT2D eigenvalue weighted by Crippen LogP contribution is 2.23. The van der Waals surface area contributed by atoms with E-state index in [0.29, 0.717) is 23.4 Å². The van der Waals surface area contributed by atoms with E-state index in [1.54, 1.807) is 18.2 Å². The van der Waals surface area contributed by atoms with Crippen LogP contribution in [-0.2, 0) is 6.42 Å². The lowest BCUT2D eigenvalue weighted by Gasteiger charge is -2.08. The van der Waals surface area contributed by atoms with Gasteiger partial charge >= 0.3 is 0 Å². The highest BCUT2D eigenvalue weighted by atomic mass is 35.5. The number of rotatable bonds is 3. The maximum Gasteiger partial charge on any atom is 0.125 e. The van der Waals surface area contributed by atoms with Crippen LogP contribution in [0, 0.1) is 17.1 Å². The quantitative estimate of drug-likeness (QED) is 0.690. The van der Waals surface area contributed by atoms with Gasteiger partial charge in [-0.2, -0.15) is 5.26 Å². The van der Waals surface area contributed by atoms with E-state index in [9.17, 15) is 4.39 Å². The van der Waals surface area contributed by atoms with Crippen LogP contribution in [0.1, 0.15) is 11.4 Å². The van der Waals surface area contributed by atoms with Crippen molar-refractivity contribution in [1.82, 2.24) is 9.55 Å². The molecule has 0 fully saturated rings. The van der Waals surface area contributed by atoms with Crippen LogP contribution in [0.4, 0.5) is 4.39 Å². The summed E-state index contributed by atoms with van der Waals surface area (Å²) >= 11 is 5.83. The van der Waals surface area contributed by atoms with Gasteiger partial charge in [0.2, 0.25) is 0 Å². The Hall–Kier alpha value is -2.38. The molecule has 0 atom stereocenters. The molecule has 0 N–H and O–H groups in total. The molecule has 0 saturated carbocycles. The molecule has 0 radical (unpaired) electrons. The van der Waals surface area contributed by atoms with E-state index in [4.69, 9.17) is 16.9 Å². The molecule has 1 aromatic heterocycles. The first-order valence-corrected chi connectivity index (χ1v) is 7.00. The van der Waals surface area contributed by atoms with E-state index in [1.165, 1.54) is 12.1 Å². The second-order valence-electron chi connectivity index (χ2n) is 4.59. The lowest BCUT2D eigenvalue weighted by Crippen LogP contribution is -2.02. The molecular weight excluding hydrogens is 289 g/mol. The van der Waals surface area contributed by atoms with Gasteiger partial charge < -0.3 is 0 Å². The van der Waals surface area contributed by atoms with Crippen LogP contribution >= 0.6 is 11.6 Å². The van der Waals surface area contributed by atoms with E-state index in [0.717, 1.165) is 17.0 Å². The first kappa shape index (κ1) is 13.6. The highest BCUT2D eigenvalue weighted by molar-refractivity contribution is 6.17.